The fourth-order valence-electron chi connectivity index (χ4n) is 1.06. The van der Waals surface area contributed by atoms with E-state index in [1.807, 2.05) is 17.5 Å². The summed E-state index contributed by atoms with van der Waals surface area (Å²) in [5, 5.41) is 17.4. The molecule has 2 rings (SSSR count). The Labute approximate surface area is 79.3 Å². The van der Waals surface area contributed by atoms with Crippen LogP contribution >= 0.6 is 11.3 Å². The van der Waals surface area contributed by atoms with E-state index in [2.05, 4.69) is 15.2 Å². The van der Waals surface area contributed by atoms with Gasteiger partial charge >= 0.3 is 0 Å². The van der Waals surface area contributed by atoms with Gasteiger partial charge in [-0.05, 0) is 11.4 Å². The van der Waals surface area contributed by atoms with E-state index in [4.69, 9.17) is 5.11 Å². The minimum atomic E-state index is -0.110. The lowest BCUT2D eigenvalue weighted by molar-refractivity contribution is 0.272. The monoisotopic (exact) mass is 195 g/mol. The predicted octanol–water partition coefficient (Wildman–Crippen LogP) is 0.949. The summed E-state index contributed by atoms with van der Waals surface area (Å²) < 4.78 is 0. The van der Waals surface area contributed by atoms with Crippen molar-refractivity contribution in [1.82, 2.24) is 15.2 Å². The van der Waals surface area contributed by atoms with Crippen LogP contribution in [0.2, 0.25) is 0 Å². The molecule has 0 aliphatic heterocycles. The van der Waals surface area contributed by atoms with Crippen molar-refractivity contribution >= 4 is 11.3 Å². The highest BCUT2D eigenvalue weighted by atomic mass is 32.1. The molecule has 4 nitrogen and oxygen atoms in total. The van der Waals surface area contributed by atoms with Gasteiger partial charge in [-0.1, -0.05) is 6.07 Å². The first-order chi connectivity index (χ1) is 6.38. The van der Waals surface area contributed by atoms with Crippen molar-refractivity contribution in [3.63, 3.8) is 0 Å². The molecule has 0 radical (unpaired) electrons. The Balaban J connectivity index is 2.10. The van der Waals surface area contributed by atoms with Gasteiger partial charge in [-0.3, -0.25) is 5.10 Å². The molecule has 0 amide bonds. The maximum Gasteiger partial charge on any atom is 0.176 e. The molecule has 2 aromatic heterocycles. The standard InChI is InChI=1S/C8H9N3OS/c12-5-8-9-7(10-11-8)4-6-2-1-3-13-6/h1-3,12H,4-5H2,(H,9,10,11). The Morgan fingerprint density at radius 2 is 2.46 bits per heavy atom. The molecule has 0 fully saturated rings. The van der Waals surface area contributed by atoms with Gasteiger partial charge in [0.1, 0.15) is 12.4 Å². The lowest BCUT2D eigenvalue weighted by Crippen LogP contribution is -1.88. The summed E-state index contributed by atoms with van der Waals surface area (Å²) in [7, 11) is 0. The molecule has 5 heteroatoms. The summed E-state index contributed by atoms with van der Waals surface area (Å²) >= 11 is 1.68. The lowest BCUT2D eigenvalue weighted by atomic mass is 10.3. The second-order valence-corrected chi connectivity index (χ2v) is 3.64. The minimum Gasteiger partial charge on any atom is -0.388 e. The molecule has 0 spiro atoms. The van der Waals surface area contributed by atoms with Crippen molar-refractivity contribution in [2.75, 3.05) is 0 Å². The molecule has 0 saturated carbocycles. The van der Waals surface area contributed by atoms with Crippen LogP contribution < -0.4 is 0 Å². The number of aliphatic hydroxyl groups excluding tert-OH is 1. The number of aromatic amines is 1. The Morgan fingerprint density at radius 1 is 1.54 bits per heavy atom. The number of hydrogen-bond acceptors (Lipinski definition) is 4. The lowest BCUT2D eigenvalue weighted by Gasteiger charge is -1.89. The number of hydrogen-bond donors (Lipinski definition) is 2. The van der Waals surface area contributed by atoms with E-state index in [1.165, 1.54) is 4.88 Å². The van der Waals surface area contributed by atoms with Crippen molar-refractivity contribution in [1.29, 1.82) is 0 Å². The third-order valence-electron chi connectivity index (χ3n) is 1.64. The van der Waals surface area contributed by atoms with E-state index in [-0.39, 0.29) is 6.61 Å². The van der Waals surface area contributed by atoms with Gasteiger partial charge in [0, 0.05) is 11.3 Å². The van der Waals surface area contributed by atoms with Gasteiger partial charge in [-0.15, -0.1) is 11.3 Å². The summed E-state index contributed by atoms with van der Waals surface area (Å²) in [4.78, 5) is 5.33. The summed E-state index contributed by atoms with van der Waals surface area (Å²) in [5.74, 6) is 1.25. The summed E-state index contributed by atoms with van der Waals surface area (Å²) in [5.41, 5.74) is 0. The van der Waals surface area contributed by atoms with Crippen molar-refractivity contribution in [2.45, 2.75) is 13.0 Å². The quantitative estimate of drug-likeness (QED) is 0.766. The molecule has 0 atom stereocenters. The Hall–Kier alpha value is -1.20. The van der Waals surface area contributed by atoms with Crippen LogP contribution in [0.3, 0.4) is 0 Å². The van der Waals surface area contributed by atoms with Gasteiger partial charge in [0.05, 0.1) is 0 Å². The molecule has 68 valence electrons. The summed E-state index contributed by atoms with van der Waals surface area (Å²) in [6, 6.07) is 4.05. The third-order valence-corrected chi connectivity index (χ3v) is 2.52. The van der Waals surface area contributed by atoms with Crippen LogP contribution in [0.1, 0.15) is 16.5 Å². The number of nitrogens with zero attached hydrogens (tertiary/aromatic N) is 2. The molecule has 2 N–H and O–H groups in total. The van der Waals surface area contributed by atoms with Crippen molar-refractivity contribution in [2.24, 2.45) is 0 Å². The Morgan fingerprint density at radius 3 is 3.08 bits per heavy atom. The molecule has 0 saturated heterocycles. The smallest absolute Gasteiger partial charge is 0.176 e. The van der Waals surface area contributed by atoms with Crippen LogP contribution in [0.4, 0.5) is 0 Å². The molecule has 0 bridgehead atoms. The Kier molecular flexibility index (Phi) is 2.37. The minimum absolute atomic E-state index is 0.110. The second kappa shape index (κ2) is 3.68. The van der Waals surface area contributed by atoms with E-state index in [1.54, 1.807) is 11.3 Å². The molecular formula is C8H9N3OS. The molecule has 0 aliphatic rings. The van der Waals surface area contributed by atoms with Gasteiger partial charge in [0.2, 0.25) is 0 Å². The zero-order valence-corrected chi connectivity index (χ0v) is 7.71. The van der Waals surface area contributed by atoms with Crippen LogP contribution in [0.25, 0.3) is 0 Å². The first-order valence-corrected chi connectivity index (χ1v) is 4.80. The largest absolute Gasteiger partial charge is 0.388 e. The average Bonchev–Trinajstić information content (AvgIpc) is 2.76. The van der Waals surface area contributed by atoms with Gasteiger partial charge in [0.15, 0.2) is 5.82 Å². The number of nitrogens with one attached hydrogen (secondary N) is 1. The molecule has 0 aliphatic carbocycles. The fraction of sp³-hybridized carbons (Fsp3) is 0.250. The van der Waals surface area contributed by atoms with E-state index < -0.39 is 0 Å². The predicted molar refractivity (Wildman–Crippen MR) is 49.4 cm³/mol. The maximum absolute atomic E-state index is 8.73. The van der Waals surface area contributed by atoms with Crippen molar-refractivity contribution < 1.29 is 5.11 Å². The highest BCUT2D eigenvalue weighted by Gasteiger charge is 2.02. The number of aliphatic hydroxyl groups is 1. The van der Waals surface area contributed by atoms with Crippen LogP contribution in [0.5, 0.6) is 0 Å². The summed E-state index contributed by atoms with van der Waals surface area (Å²) in [6.45, 7) is -0.110. The molecule has 2 aromatic rings. The highest BCUT2D eigenvalue weighted by Crippen LogP contribution is 2.11. The van der Waals surface area contributed by atoms with Crippen LogP contribution in [-0.4, -0.2) is 20.3 Å². The van der Waals surface area contributed by atoms with Gasteiger partial charge in [-0.25, -0.2) is 4.98 Å². The molecule has 2 heterocycles. The number of thiophene rings is 1. The Bertz CT molecular complexity index is 368. The SMILES string of the molecule is OCc1n[nH]c(Cc2cccs2)n1. The fourth-order valence-corrected chi connectivity index (χ4v) is 1.77. The van der Waals surface area contributed by atoms with Gasteiger partial charge in [0.25, 0.3) is 0 Å². The van der Waals surface area contributed by atoms with Crippen LogP contribution in [0, 0.1) is 0 Å². The first kappa shape index (κ1) is 8.40. The molecule has 13 heavy (non-hydrogen) atoms. The topological polar surface area (TPSA) is 61.8 Å². The first-order valence-electron chi connectivity index (χ1n) is 3.92. The van der Waals surface area contributed by atoms with Crippen LogP contribution in [0.15, 0.2) is 17.5 Å². The average molecular weight is 195 g/mol. The van der Waals surface area contributed by atoms with E-state index >= 15 is 0 Å². The highest BCUT2D eigenvalue weighted by molar-refractivity contribution is 7.09. The second-order valence-electron chi connectivity index (χ2n) is 2.61. The van der Waals surface area contributed by atoms with E-state index in [9.17, 15) is 0 Å². The van der Waals surface area contributed by atoms with E-state index in [0.29, 0.717) is 5.82 Å². The van der Waals surface area contributed by atoms with Crippen molar-refractivity contribution in [3.05, 3.63) is 34.0 Å². The zero-order valence-electron chi connectivity index (χ0n) is 6.90. The number of H-pyrrole nitrogens is 1. The third kappa shape index (κ3) is 1.93. The van der Waals surface area contributed by atoms with Gasteiger partial charge < -0.3 is 5.11 Å². The van der Waals surface area contributed by atoms with E-state index in [0.717, 1.165) is 12.2 Å². The maximum atomic E-state index is 8.73. The molecular weight excluding hydrogens is 186 g/mol. The van der Waals surface area contributed by atoms with Crippen LogP contribution in [-0.2, 0) is 13.0 Å². The molecule has 0 unspecified atom stereocenters. The van der Waals surface area contributed by atoms with Gasteiger partial charge in [-0.2, -0.15) is 5.10 Å². The zero-order chi connectivity index (χ0) is 9.10. The molecule has 0 aromatic carbocycles. The normalized spacial score (nSPS) is 10.5. The number of aromatic nitrogens is 3. The van der Waals surface area contributed by atoms with Crippen molar-refractivity contribution in [3.8, 4) is 0 Å². The summed E-state index contributed by atoms with van der Waals surface area (Å²) in [6.07, 6.45) is 0.755. The number of rotatable bonds is 3.